The van der Waals surface area contributed by atoms with Crippen molar-refractivity contribution in [2.45, 2.75) is 77.8 Å². The molecule has 94 valence electrons. The molecule has 16 heavy (non-hydrogen) atoms. The summed E-state index contributed by atoms with van der Waals surface area (Å²) in [5.41, 5.74) is 0. The molecule has 0 aliphatic heterocycles. The lowest BCUT2D eigenvalue weighted by molar-refractivity contribution is 0.191. The van der Waals surface area contributed by atoms with Crippen molar-refractivity contribution in [3.8, 4) is 0 Å². The zero-order valence-electron chi connectivity index (χ0n) is 11.3. The van der Waals surface area contributed by atoms with Gasteiger partial charge in [0.25, 0.3) is 0 Å². The first kappa shape index (κ1) is 12.4. The molecule has 2 fully saturated rings. The summed E-state index contributed by atoms with van der Waals surface area (Å²) in [6, 6.07) is 1.66. The Labute approximate surface area is 101 Å². The van der Waals surface area contributed by atoms with Crippen LogP contribution in [0.2, 0.25) is 0 Å². The third kappa shape index (κ3) is 3.00. The van der Waals surface area contributed by atoms with Gasteiger partial charge in [0.05, 0.1) is 0 Å². The molecule has 0 aromatic carbocycles. The van der Waals surface area contributed by atoms with Crippen LogP contribution in [-0.2, 0) is 0 Å². The molecule has 4 unspecified atom stereocenters. The molecule has 2 aliphatic carbocycles. The number of hydrogen-bond donors (Lipinski definition) is 1. The maximum atomic E-state index is 3.98. The Morgan fingerprint density at radius 3 is 2.38 bits per heavy atom. The van der Waals surface area contributed by atoms with Crippen molar-refractivity contribution in [2.24, 2.45) is 17.8 Å². The largest absolute Gasteiger partial charge is 0.311 e. The maximum absolute atomic E-state index is 3.98. The van der Waals surface area contributed by atoms with E-state index >= 15 is 0 Å². The zero-order chi connectivity index (χ0) is 11.5. The second-order valence-corrected chi connectivity index (χ2v) is 6.58. The molecule has 0 spiro atoms. The van der Waals surface area contributed by atoms with Gasteiger partial charge in [-0.3, -0.25) is 0 Å². The number of hydrogen-bond acceptors (Lipinski definition) is 1. The smallest absolute Gasteiger partial charge is 0.0100 e. The highest BCUT2D eigenvalue weighted by Crippen LogP contribution is 2.32. The molecule has 0 aromatic heterocycles. The van der Waals surface area contributed by atoms with Crippen LogP contribution in [-0.4, -0.2) is 12.1 Å². The Kier molecular flexibility index (Phi) is 4.29. The molecule has 0 saturated heterocycles. The lowest BCUT2D eigenvalue weighted by Gasteiger charge is -2.37. The lowest BCUT2D eigenvalue weighted by atomic mass is 9.77. The molecule has 0 amide bonds. The average molecular weight is 223 g/mol. The standard InChI is InChI=1S/C15H29N/c1-11(2)14-6-4-5-7-15(14)16-13-9-8-12(3)10-13/h11-16H,4-10H2,1-3H3. The van der Waals surface area contributed by atoms with E-state index in [0.717, 1.165) is 29.8 Å². The van der Waals surface area contributed by atoms with Gasteiger partial charge >= 0.3 is 0 Å². The van der Waals surface area contributed by atoms with Crippen LogP contribution in [0.4, 0.5) is 0 Å². The molecule has 0 radical (unpaired) electrons. The summed E-state index contributed by atoms with van der Waals surface area (Å²) >= 11 is 0. The quantitative estimate of drug-likeness (QED) is 0.763. The van der Waals surface area contributed by atoms with Crippen molar-refractivity contribution in [1.82, 2.24) is 5.32 Å². The first-order valence-corrected chi connectivity index (χ1v) is 7.43. The van der Waals surface area contributed by atoms with Crippen LogP contribution in [0.25, 0.3) is 0 Å². The van der Waals surface area contributed by atoms with Gasteiger partial charge in [-0.2, -0.15) is 0 Å². The highest BCUT2D eigenvalue weighted by molar-refractivity contribution is 4.88. The molecular weight excluding hydrogens is 194 g/mol. The SMILES string of the molecule is CC1CCC(NC2CCCCC2C(C)C)C1. The van der Waals surface area contributed by atoms with Crippen LogP contribution in [0.1, 0.15) is 65.7 Å². The third-order valence-corrected chi connectivity index (χ3v) is 4.82. The van der Waals surface area contributed by atoms with E-state index in [1.807, 2.05) is 0 Å². The van der Waals surface area contributed by atoms with E-state index < -0.39 is 0 Å². The van der Waals surface area contributed by atoms with Crippen molar-refractivity contribution >= 4 is 0 Å². The molecule has 2 saturated carbocycles. The highest BCUT2D eigenvalue weighted by Gasteiger charge is 2.30. The minimum atomic E-state index is 0.823. The highest BCUT2D eigenvalue weighted by atomic mass is 15.0. The molecule has 0 aromatic rings. The summed E-state index contributed by atoms with van der Waals surface area (Å²) in [4.78, 5) is 0. The third-order valence-electron chi connectivity index (χ3n) is 4.82. The fourth-order valence-electron chi connectivity index (χ4n) is 3.83. The van der Waals surface area contributed by atoms with Crippen LogP contribution >= 0.6 is 0 Å². The maximum Gasteiger partial charge on any atom is 0.0100 e. The van der Waals surface area contributed by atoms with Gasteiger partial charge in [-0.25, -0.2) is 0 Å². The Morgan fingerprint density at radius 1 is 1.00 bits per heavy atom. The van der Waals surface area contributed by atoms with Gasteiger partial charge in [-0.05, 0) is 49.9 Å². The monoisotopic (exact) mass is 223 g/mol. The normalized spacial score (nSPS) is 40.5. The molecule has 1 N–H and O–H groups in total. The van der Waals surface area contributed by atoms with Crippen LogP contribution < -0.4 is 5.32 Å². The summed E-state index contributed by atoms with van der Waals surface area (Å²) in [5, 5.41) is 3.98. The predicted molar refractivity (Wildman–Crippen MR) is 70.5 cm³/mol. The van der Waals surface area contributed by atoms with Gasteiger partial charge in [0.2, 0.25) is 0 Å². The van der Waals surface area contributed by atoms with Crippen LogP contribution in [0.15, 0.2) is 0 Å². The van der Waals surface area contributed by atoms with Crippen LogP contribution in [0.3, 0.4) is 0 Å². The zero-order valence-corrected chi connectivity index (χ0v) is 11.3. The van der Waals surface area contributed by atoms with E-state index in [1.165, 1.54) is 44.9 Å². The summed E-state index contributed by atoms with van der Waals surface area (Å²) < 4.78 is 0. The van der Waals surface area contributed by atoms with Crippen molar-refractivity contribution < 1.29 is 0 Å². The van der Waals surface area contributed by atoms with Gasteiger partial charge in [0.1, 0.15) is 0 Å². The minimum absolute atomic E-state index is 0.823. The topological polar surface area (TPSA) is 12.0 Å². The first-order chi connectivity index (χ1) is 7.66. The fraction of sp³-hybridized carbons (Fsp3) is 1.00. The molecular formula is C15H29N. The second kappa shape index (κ2) is 5.53. The van der Waals surface area contributed by atoms with Gasteiger partial charge in [-0.1, -0.05) is 33.6 Å². The Hall–Kier alpha value is -0.0400. The van der Waals surface area contributed by atoms with Crippen molar-refractivity contribution in [2.75, 3.05) is 0 Å². The van der Waals surface area contributed by atoms with Crippen molar-refractivity contribution in [1.29, 1.82) is 0 Å². The number of rotatable bonds is 3. The first-order valence-electron chi connectivity index (χ1n) is 7.43. The molecule has 4 atom stereocenters. The molecule has 2 aliphatic rings. The molecule has 1 nitrogen and oxygen atoms in total. The second-order valence-electron chi connectivity index (χ2n) is 6.58. The fourth-order valence-corrected chi connectivity index (χ4v) is 3.83. The minimum Gasteiger partial charge on any atom is -0.311 e. The van der Waals surface area contributed by atoms with Gasteiger partial charge in [0, 0.05) is 12.1 Å². The predicted octanol–water partition coefficient (Wildman–Crippen LogP) is 3.98. The van der Waals surface area contributed by atoms with E-state index in [1.54, 1.807) is 0 Å². The molecule has 0 bridgehead atoms. The Balaban J connectivity index is 1.86. The number of nitrogens with one attached hydrogen (secondary N) is 1. The summed E-state index contributed by atoms with van der Waals surface area (Å²) in [5.74, 6) is 2.75. The summed E-state index contributed by atoms with van der Waals surface area (Å²) in [6.07, 6.45) is 10.1. The average Bonchev–Trinajstić information content (AvgIpc) is 2.64. The van der Waals surface area contributed by atoms with E-state index in [0.29, 0.717) is 0 Å². The van der Waals surface area contributed by atoms with E-state index in [2.05, 4.69) is 26.1 Å². The van der Waals surface area contributed by atoms with E-state index in [-0.39, 0.29) is 0 Å². The van der Waals surface area contributed by atoms with Gasteiger partial charge in [-0.15, -0.1) is 0 Å². The Bertz CT molecular complexity index is 211. The Morgan fingerprint density at radius 2 is 1.75 bits per heavy atom. The van der Waals surface area contributed by atoms with Crippen molar-refractivity contribution in [3.63, 3.8) is 0 Å². The summed E-state index contributed by atoms with van der Waals surface area (Å²) in [6.45, 7) is 7.21. The van der Waals surface area contributed by atoms with Crippen molar-refractivity contribution in [3.05, 3.63) is 0 Å². The molecule has 0 heterocycles. The van der Waals surface area contributed by atoms with Crippen LogP contribution in [0.5, 0.6) is 0 Å². The van der Waals surface area contributed by atoms with Gasteiger partial charge < -0.3 is 5.32 Å². The van der Waals surface area contributed by atoms with Crippen LogP contribution in [0, 0.1) is 17.8 Å². The summed E-state index contributed by atoms with van der Waals surface area (Å²) in [7, 11) is 0. The molecule has 1 heteroatoms. The molecule has 2 rings (SSSR count). The van der Waals surface area contributed by atoms with Gasteiger partial charge in [0.15, 0.2) is 0 Å². The van der Waals surface area contributed by atoms with E-state index in [9.17, 15) is 0 Å². The van der Waals surface area contributed by atoms with E-state index in [4.69, 9.17) is 0 Å². The lowest BCUT2D eigenvalue weighted by Crippen LogP contribution is -2.45.